The van der Waals surface area contributed by atoms with Crippen LogP contribution in [0.5, 0.6) is 0 Å². The maximum absolute atomic E-state index is 13.8. The van der Waals surface area contributed by atoms with E-state index >= 15 is 0 Å². The molecular formula is C33H39FN2O2. The van der Waals surface area contributed by atoms with Gasteiger partial charge in [-0.1, -0.05) is 92.9 Å². The summed E-state index contributed by atoms with van der Waals surface area (Å²) >= 11 is 0. The number of nitrogens with zero attached hydrogens (tertiary/aromatic N) is 1. The molecule has 4 nitrogen and oxygen atoms in total. The van der Waals surface area contributed by atoms with Crippen molar-refractivity contribution in [1.82, 2.24) is 10.2 Å². The zero-order valence-corrected chi connectivity index (χ0v) is 22.4. The molecule has 1 aliphatic carbocycles. The molecule has 0 aromatic heterocycles. The van der Waals surface area contributed by atoms with E-state index in [1.165, 1.54) is 24.1 Å². The Balaban J connectivity index is 1.58. The van der Waals surface area contributed by atoms with E-state index < -0.39 is 6.04 Å². The highest BCUT2D eigenvalue weighted by molar-refractivity contribution is 5.88. The zero-order chi connectivity index (χ0) is 26.7. The van der Waals surface area contributed by atoms with Crippen molar-refractivity contribution in [3.63, 3.8) is 0 Å². The summed E-state index contributed by atoms with van der Waals surface area (Å²) in [7, 11) is 0. The first-order valence-electron chi connectivity index (χ1n) is 14.0. The summed E-state index contributed by atoms with van der Waals surface area (Å²) < 4.78 is 13.6. The molecule has 1 fully saturated rings. The SMILES string of the molecule is CCc1ccc(CCC(=O)N(Cc2ccc(F)cc2)[C@H](Cc2ccccc2)C(=O)NC2CCCCC2)cc1. The van der Waals surface area contributed by atoms with Crippen LogP contribution < -0.4 is 5.32 Å². The Kier molecular flexibility index (Phi) is 10.1. The second kappa shape index (κ2) is 13.9. The van der Waals surface area contributed by atoms with Gasteiger partial charge in [0, 0.05) is 25.4 Å². The second-order valence-electron chi connectivity index (χ2n) is 10.4. The second-order valence-corrected chi connectivity index (χ2v) is 10.4. The monoisotopic (exact) mass is 514 g/mol. The molecule has 0 spiro atoms. The van der Waals surface area contributed by atoms with Gasteiger partial charge in [0.15, 0.2) is 0 Å². The molecule has 5 heteroatoms. The molecule has 2 amide bonds. The van der Waals surface area contributed by atoms with E-state index in [9.17, 15) is 14.0 Å². The highest BCUT2D eigenvalue weighted by Gasteiger charge is 2.31. The van der Waals surface area contributed by atoms with Gasteiger partial charge in [-0.3, -0.25) is 9.59 Å². The van der Waals surface area contributed by atoms with Gasteiger partial charge in [-0.25, -0.2) is 4.39 Å². The average molecular weight is 515 g/mol. The number of rotatable bonds is 11. The summed E-state index contributed by atoms with van der Waals surface area (Å²) in [5, 5.41) is 3.26. The van der Waals surface area contributed by atoms with Gasteiger partial charge in [0.05, 0.1) is 0 Å². The molecule has 1 saturated carbocycles. The van der Waals surface area contributed by atoms with E-state index in [4.69, 9.17) is 0 Å². The van der Waals surface area contributed by atoms with Crippen LogP contribution in [0, 0.1) is 5.82 Å². The van der Waals surface area contributed by atoms with Crippen LogP contribution in [0.1, 0.15) is 67.7 Å². The lowest BCUT2D eigenvalue weighted by molar-refractivity contribution is -0.141. The number of benzene rings is 3. The number of carbonyl (C=O) groups excluding carboxylic acids is 2. The average Bonchev–Trinajstić information content (AvgIpc) is 2.96. The molecule has 0 radical (unpaired) electrons. The molecule has 1 atom stereocenters. The summed E-state index contributed by atoms with van der Waals surface area (Å²) in [6.07, 6.45) is 7.69. The molecule has 1 aliphatic rings. The molecule has 1 N–H and O–H groups in total. The number of hydrogen-bond acceptors (Lipinski definition) is 2. The van der Waals surface area contributed by atoms with Crippen molar-refractivity contribution < 1.29 is 14.0 Å². The van der Waals surface area contributed by atoms with Crippen LogP contribution in [0.15, 0.2) is 78.9 Å². The summed E-state index contributed by atoms with van der Waals surface area (Å²) in [5.74, 6) is -0.504. The Bertz CT molecular complexity index is 1160. The maximum Gasteiger partial charge on any atom is 0.243 e. The predicted molar refractivity (Wildman–Crippen MR) is 150 cm³/mol. The van der Waals surface area contributed by atoms with Crippen molar-refractivity contribution in [1.29, 1.82) is 0 Å². The number of amides is 2. The lowest BCUT2D eigenvalue weighted by Gasteiger charge is -2.33. The molecule has 38 heavy (non-hydrogen) atoms. The van der Waals surface area contributed by atoms with Crippen LogP contribution in [0.25, 0.3) is 0 Å². The Morgan fingerprint density at radius 2 is 1.47 bits per heavy atom. The third kappa shape index (κ3) is 8.01. The topological polar surface area (TPSA) is 49.4 Å². The molecule has 0 bridgehead atoms. The molecule has 3 aromatic rings. The summed E-state index contributed by atoms with van der Waals surface area (Å²) in [6.45, 7) is 2.38. The number of aryl methyl sites for hydroxylation is 2. The standard InChI is InChI=1S/C33H39FN2O2/c1-2-25-13-15-26(16-14-25)19-22-32(37)36(24-28-17-20-29(34)21-18-28)31(23-27-9-5-3-6-10-27)33(38)35-30-11-7-4-8-12-30/h3,5-6,9-10,13-18,20-21,30-31H,2,4,7-8,11-12,19,22-24H2,1H3,(H,35,38)/t31-/m1/s1. The number of halogens is 1. The maximum atomic E-state index is 13.8. The molecule has 3 aromatic carbocycles. The van der Waals surface area contributed by atoms with Crippen LogP contribution in [0.2, 0.25) is 0 Å². The quantitative estimate of drug-likeness (QED) is 0.321. The van der Waals surface area contributed by atoms with E-state index in [1.54, 1.807) is 17.0 Å². The Hall–Kier alpha value is -3.47. The fraction of sp³-hybridized carbons (Fsp3) is 0.394. The van der Waals surface area contributed by atoms with Gasteiger partial charge in [0.25, 0.3) is 0 Å². The van der Waals surface area contributed by atoms with Crippen molar-refractivity contribution >= 4 is 11.8 Å². The third-order valence-electron chi connectivity index (χ3n) is 7.55. The first-order chi connectivity index (χ1) is 18.5. The van der Waals surface area contributed by atoms with E-state index in [2.05, 4.69) is 36.5 Å². The van der Waals surface area contributed by atoms with Crippen molar-refractivity contribution in [2.75, 3.05) is 0 Å². The van der Waals surface area contributed by atoms with E-state index in [-0.39, 0.29) is 30.2 Å². The minimum absolute atomic E-state index is 0.0754. The summed E-state index contributed by atoms with van der Waals surface area (Å²) in [4.78, 5) is 29.3. The normalized spacial score (nSPS) is 14.6. The molecule has 0 heterocycles. The van der Waals surface area contributed by atoms with Gasteiger partial charge in [-0.15, -0.1) is 0 Å². The summed E-state index contributed by atoms with van der Waals surface area (Å²) in [6, 6.07) is 23.9. The van der Waals surface area contributed by atoms with E-state index in [0.717, 1.165) is 48.8 Å². The van der Waals surface area contributed by atoms with Crippen molar-refractivity contribution in [3.05, 3.63) is 107 Å². The van der Waals surface area contributed by atoms with Gasteiger partial charge in [0.2, 0.25) is 11.8 Å². The third-order valence-corrected chi connectivity index (χ3v) is 7.55. The molecule has 0 saturated heterocycles. The minimum Gasteiger partial charge on any atom is -0.352 e. The van der Waals surface area contributed by atoms with Gasteiger partial charge in [0.1, 0.15) is 11.9 Å². The van der Waals surface area contributed by atoms with Gasteiger partial charge >= 0.3 is 0 Å². The molecule has 200 valence electrons. The number of carbonyl (C=O) groups is 2. The first-order valence-corrected chi connectivity index (χ1v) is 14.0. The fourth-order valence-electron chi connectivity index (χ4n) is 5.22. The van der Waals surface area contributed by atoms with Gasteiger partial charge in [-0.2, -0.15) is 0 Å². The first kappa shape index (κ1) is 27.6. The highest BCUT2D eigenvalue weighted by atomic mass is 19.1. The van der Waals surface area contributed by atoms with Crippen LogP contribution in [0.3, 0.4) is 0 Å². The van der Waals surface area contributed by atoms with Crippen molar-refractivity contribution in [3.8, 4) is 0 Å². The van der Waals surface area contributed by atoms with E-state index in [1.807, 2.05) is 30.3 Å². The number of hydrogen-bond donors (Lipinski definition) is 1. The molecule has 0 unspecified atom stereocenters. The lowest BCUT2D eigenvalue weighted by atomic mass is 9.94. The zero-order valence-electron chi connectivity index (χ0n) is 22.4. The fourth-order valence-corrected chi connectivity index (χ4v) is 5.22. The lowest BCUT2D eigenvalue weighted by Crippen LogP contribution is -2.52. The van der Waals surface area contributed by atoms with Crippen LogP contribution in [-0.2, 0) is 35.4 Å². The largest absolute Gasteiger partial charge is 0.352 e. The van der Waals surface area contributed by atoms with Crippen molar-refractivity contribution in [2.24, 2.45) is 0 Å². The molecule has 4 rings (SSSR count). The number of nitrogens with one attached hydrogen (secondary N) is 1. The van der Waals surface area contributed by atoms with Crippen LogP contribution >= 0.6 is 0 Å². The highest BCUT2D eigenvalue weighted by Crippen LogP contribution is 2.21. The van der Waals surface area contributed by atoms with Crippen molar-refractivity contribution in [2.45, 2.75) is 83.3 Å². The minimum atomic E-state index is -0.653. The van der Waals surface area contributed by atoms with E-state index in [0.29, 0.717) is 19.3 Å². The van der Waals surface area contributed by atoms with Crippen LogP contribution in [-0.4, -0.2) is 28.8 Å². The van der Waals surface area contributed by atoms with Gasteiger partial charge in [-0.05, 0) is 60.1 Å². The molecular weight excluding hydrogens is 475 g/mol. The molecule has 0 aliphatic heterocycles. The van der Waals surface area contributed by atoms with Gasteiger partial charge < -0.3 is 10.2 Å². The predicted octanol–water partition coefficient (Wildman–Crippen LogP) is 6.41. The smallest absolute Gasteiger partial charge is 0.243 e. The van der Waals surface area contributed by atoms with Crippen LogP contribution in [0.4, 0.5) is 4.39 Å². The Morgan fingerprint density at radius 3 is 2.13 bits per heavy atom. The Labute approximate surface area is 226 Å². The Morgan fingerprint density at radius 1 is 0.842 bits per heavy atom. The summed E-state index contributed by atoms with van der Waals surface area (Å²) in [5.41, 5.74) is 4.17.